The second kappa shape index (κ2) is 7.07. The van der Waals surface area contributed by atoms with E-state index >= 15 is 0 Å². The Morgan fingerprint density at radius 1 is 1.57 bits per heavy atom. The van der Waals surface area contributed by atoms with Gasteiger partial charge < -0.3 is 10.4 Å². The lowest BCUT2D eigenvalue weighted by Crippen LogP contribution is -2.25. The van der Waals surface area contributed by atoms with Crippen molar-refractivity contribution in [2.75, 3.05) is 6.61 Å². The third kappa shape index (κ3) is 3.94. The summed E-state index contributed by atoms with van der Waals surface area (Å²) >= 11 is 1.55. The summed E-state index contributed by atoms with van der Waals surface area (Å²) in [7, 11) is 1.75. The van der Waals surface area contributed by atoms with E-state index in [0.717, 1.165) is 16.1 Å². The van der Waals surface area contributed by atoms with Gasteiger partial charge in [0.1, 0.15) is 5.69 Å². The number of thiophene rings is 1. The predicted octanol–water partition coefficient (Wildman–Crippen LogP) is 1.45. The molecule has 1 amide bonds. The molecular weight excluding hydrogens is 286 g/mol. The Kier molecular flexibility index (Phi) is 5.14. The quantitative estimate of drug-likeness (QED) is 0.840. The molecule has 0 saturated carbocycles. The first-order valence-electron chi connectivity index (χ1n) is 6.56. The summed E-state index contributed by atoms with van der Waals surface area (Å²) in [5, 5.41) is 17.7. The minimum absolute atomic E-state index is 0.0586. The maximum Gasteiger partial charge on any atom is 0.269 e. The van der Waals surface area contributed by atoms with E-state index in [0.29, 0.717) is 18.7 Å². The van der Waals surface area contributed by atoms with Gasteiger partial charge in [-0.15, -0.1) is 11.3 Å². The first-order valence-corrected chi connectivity index (χ1v) is 7.44. The van der Waals surface area contributed by atoms with E-state index in [1.54, 1.807) is 29.1 Å². The van der Waals surface area contributed by atoms with Gasteiger partial charge in [-0.2, -0.15) is 5.10 Å². The summed E-state index contributed by atoms with van der Waals surface area (Å²) in [4.78, 5) is 13.1. The highest BCUT2D eigenvalue weighted by molar-refractivity contribution is 7.10. The zero-order valence-corrected chi connectivity index (χ0v) is 12.8. The number of hydrogen-bond acceptors (Lipinski definition) is 4. The number of nitrogens with one attached hydrogen (secondary N) is 1. The molecule has 0 spiro atoms. The van der Waals surface area contributed by atoms with Gasteiger partial charge in [-0.05, 0) is 24.4 Å². The van der Waals surface area contributed by atoms with Gasteiger partial charge in [-0.25, -0.2) is 0 Å². The Morgan fingerprint density at radius 3 is 3.05 bits per heavy atom. The van der Waals surface area contributed by atoms with Gasteiger partial charge in [-0.1, -0.05) is 11.8 Å². The SMILES string of the molecule is Cc1cc(C(=O)NCc2sccc2C#CCCO)n(C)n1. The number of aliphatic hydroxyl groups is 1. The third-order valence-electron chi connectivity index (χ3n) is 2.85. The summed E-state index contributed by atoms with van der Waals surface area (Å²) < 4.78 is 1.57. The van der Waals surface area contributed by atoms with Crippen molar-refractivity contribution in [2.45, 2.75) is 19.9 Å². The lowest BCUT2D eigenvalue weighted by Gasteiger charge is -2.04. The van der Waals surface area contributed by atoms with Gasteiger partial charge in [0, 0.05) is 23.9 Å². The van der Waals surface area contributed by atoms with Crippen LogP contribution in [0.2, 0.25) is 0 Å². The maximum atomic E-state index is 12.1. The van der Waals surface area contributed by atoms with E-state index in [1.807, 2.05) is 18.4 Å². The van der Waals surface area contributed by atoms with E-state index in [-0.39, 0.29) is 12.5 Å². The van der Waals surface area contributed by atoms with Crippen molar-refractivity contribution in [3.63, 3.8) is 0 Å². The molecule has 0 atom stereocenters. The van der Waals surface area contributed by atoms with Crippen LogP contribution in [-0.4, -0.2) is 27.4 Å². The van der Waals surface area contributed by atoms with Crippen molar-refractivity contribution >= 4 is 17.2 Å². The molecule has 2 aromatic rings. The minimum Gasteiger partial charge on any atom is -0.395 e. The molecule has 0 unspecified atom stereocenters. The van der Waals surface area contributed by atoms with Crippen molar-refractivity contribution in [2.24, 2.45) is 7.05 Å². The highest BCUT2D eigenvalue weighted by atomic mass is 32.1. The zero-order chi connectivity index (χ0) is 15.2. The monoisotopic (exact) mass is 303 g/mol. The number of carbonyl (C=O) groups excluding carboxylic acids is 1. The van der Waals surface area contributed by atoms with Gasteiger partial charge in [0.05, 0.1) is 18.8 Å². The fraction of sp³-hybridized carbons (Fsp3) is 0.333. The number of hydrogen-bond donors (Lipinski definition) is 2. The minimum atomic E-state index is -0.152. The lowest BCUT2D eigenvalue weighted by molar-refractivity contribution is 0.0942. The fourth-order valence-corrected chi connectivity index (χ4v) is 2.65. The molecular formula is C15H17N3O2S. The topological polar surface area (TPSA) is 67.2 Å². The third-order valence-corrected chi connectivity index (χ3v) is 3.77. The lowest BCUT2D eigenvalue weighted by atomic mass is 10.2. The van der Waals surface area contributed by atoms with Crippen molar-refractivity contribution < 1.29 is 9.90 Å². The van der Waals surface area contributed by atoms with Crippen LogP contribution in [-0.2, 0) is 13.6 Å². The molecule has 0 aromatic carbocycles. The van der Waals surface area contributed by atoms with Crippen LogP contribution >= 0.6 is 11.3 Å². The predicted molar refractivity (Wildman–Crippen MR) is 82.0 cm³/mol. The van der Waals surface area contributed by atoms with Gasteiger partial charge in [0.2, 0.25) is 0 Å². The Morgan fingerprint density at radius 2 is 2.38 bits per heavy atom. The number of aliphatic hydroxyl groups excluding tert-OH is 1. The Hall–Kier alpha value is -2.10. The van der Waals surface area contributed by atoms with Crippen molar-refractivity contribution in [3.05, 3.63) is 39.3 Å². The molecule has 21 heavy (non-hydrogen) atoms. The zero-order valence-electron chi connectivity index (χ0n) is 12.0. The number of amides is 1. The molecule has 2 rings (SSSR count). The normalized spacial score (nSPS) is 10.0. The van der Waals surface area contributed by atoms with Crippen LogP contribution in [0.25, 0.3) is 0 Å². The van der Waals surface area contributed by atoms with Crippen LogP contribution in [0.15, 0.2) is 17.5 Å². The number of nitrogens with zero attached hydrogens (tertiary/aromatic N) is 2. The molecule has 2 N–H and O–H groups in total. The molecule has 0 radical (unpaired) electrons. The summed E-state index contributed by atoms with van der Waals surface area (Å²) in [6, 6.07) is 3.68. The Balaban J connectivity index is 2.01. The standard InChI is InChI=1S/C15H17N3O2S/c1-11-9-13(18(2)17-11)15(20)16-10-14-12(6-8-21-14)5-3-4-7-19/h6,8-9,19H,4,7,10H2,1-2H3,(H,16,20). The maximum absolute atomic E-state index is 12.1. The van der Waals surface area contributed by atoms with E-state index in [1.165, 1.54) is 0 Å². The molecule has 0 aliphatic carbocycles. The largest absolute Gasteiger partial charge is 0.395 e. The van der Waals surface area contributed by atoms with Crippen LogP contribution in [0.4, 0.5) is 0 Å². The van der Waals surface area contributed by atoms with Crippen LogP contribution < -0.4 is 5.32 Å². The molecule has 0 bridgehead atoms. The van der Waals surface area contributed by atoms with Gasteiger partial charge in [0.25, 0.3) is 5.91 Å². The highest BCUT2D eigenvalue weighted by Crippen LogP contribution is 2.15. The van der Waals surface area contributed by atoms with Crippen LogP contribution in [0.3, 0.4) is 0 Å². The highest BCUT2D eigenvalue weighted by Gasteiger charge is 2.12. The van der Waals surface area contributed by atoms with Crippen LogP contribution in [0, 0.1) is 18.8 Å². The summed E-state index contributed by atoms with van der Waals surface area (Å²) in [6.45, 7) is 2.35. The van der Waals surface area contributed by atoms with E-state index in [9.17, 15) is 4.79 Å². The van der Waals surface area contributed by atoms with Gasteiger partial charge in [0.15, 0.2) is 0 Å². The van der Waals surface area contributed by atoms with Crippen LogP contribution in [0.5, 0.6) is 0 Å². The number of aromatic nitrogens is 2. The van der Waals surface area contributed by atoms with Crippen LogP contribution in [0.1, 0.15) is 33.0 Å². The molecule has 0 fully saturated rings. The van der Waals surface area contributed by atoms with Gasteiger partial charge in [-0.3, -0.25) is 9.48 Å². The Labute approximate surface area is 127 Å². The number of aryl methyl sites for hydroxylation is 2. The van der Waals surface area contributed by atoms with Crippen molar-refractivity contribution in [1.29, 1.82) is 0 Å². The summed E-state index contributed by atoms with van der Waals surface area (Å²) in [5.74, 6) is 5.74. The fourth-order valence-electron chi connectivity index (χ4n) is 1.88. The smallest absolute Gasteiger partial charge is 0.269 e. The van der Waals surface area contributed by atoms with Gasteiger partial charge >= 0.3 is 0 Å². The number of rotatable bonds is 4. The molecule has 2 aromatic heterocycles. The molecule has 2 heterocycles. The second-order valence-electron chi connectivity index (χ2n) is 4.51. The average molecular weight is 303 g/mol. The van der Waals surface area contributed by atoms with E-state index in [4.69, 9.17) is 5.11 Å². The molecule has 0 saturated heterocycles. The molecule has 0 aliphatic rings. The number of carbonyl (C=O) groups is 1. The average Bonchev–Trinajstić information content (AvgIpc) is 3.03. The molecule has 6 heteroatoms. The molecule has 5 nitrogen and oxygen atoms in total. The molecule has 110 valence electrons. The first kappa shape index (κ1) is 15.3. The first-order chi connectivity index (χ1) is 10.1. The second-order valence-corrected chi connectivity index (χ2v) is 5.51. The van der Waals surface area contributed by atoms with Crippen molar-refractivity contribution in [1.82, 2.24) is 15.1 Å². The Bertz CT molecular complexity index is 691. The van der Waals surface area contributed by atoms with E-state index in [2.05, 4.69) is 22.3 Å². The molecule has 0 aliphatic heterocycles. The summed E-state index contributed by atoms with van der Waals surface area (Å²) in [5.41, 5.74) is 2.25. The summed E-state index contributed by atoms with van der Waals surface area (Å²) in [6.07, 6.45) is 0.454. The van der Waals surface area contributed by atoms with Crippen molar-refractivity contribution in [3.8, 4) is 11.8 Å². The van der Waals surface area contributed by atoms with E-state index < -0.39 is 0 Å².